The molecule has 3 nitrogen and oxygen atoms in total. The van der Waals surface area contributed by atoms with Gasteiger partial charge in [0.15, 0.2) is 0 Å². The van der Waals surface area contributed by atoms with Crippen LogP contribution in [0.1, 0.15) is 5.56 Å². The van der Waals surface area contributed by atoms with Gasteiger partial charge in [0.1, 0.15) is 5.82 Å². The monoisotopic (exact) mass is 316 g/mol. The smallest absolute Gasteiger partial charge is 0.137 e. The molecule has 0 aliphatic carbocycles. The topological polar surface area (TPSA) is 24.5 Å². The number of rotatable bonds is 4. The summed E-state index contributed by atoms with van der Waals surface area (Å²) in [6.07, 6.45) is 0.219. The molecule has 1 atom stereocenters. The standard InChI is InChI=1S/C13H18BrFN2O/c1-16-7-11-9-17(5-6-18-11)8-10-3-2-4-12(15)13(10)14/h2-4,11,16H,5-9H2,1H3. The molecule has 0 radical (unpaired) electrons. The summed E-state index contributed by atoms with van der Waals surface area (Å²) in [5.41, 5.74) is 0.986. The van der Waals surface area contributed by atoms with Gasteiger partial charge in [-0.25, -0.2) is 4.39 Å². The molecule has 1 fully saturated rings. The summed E-state index contributed by atoms with van der Waals surface area (Å²) in [6, 6.07) is 5.17. The largest absolute Gasteiger partial charge is 0.374 e. The number of benzene rings is 1. The number of halogens is 2. The predicted molar refractivity (Wildman–Crippen MR) is 73.0 cm³/mol. The van der Waals surface area contributed by atoms with Crippen molar-refractivity contribution >= 4 is 15.9 Å². The van der Waals surface area contributed by atoms with Crippen LogP contribution in [-0.2, 0) is 11.3 Å². The van der Waals surface area contributed by atoms with Gasteiger partial charge in [-0.15, -0.1) is 0 Å². The maximum absolute atomic E-state index is 13.4. The van der Waals surface area contributed by atoms with E-state index in [1.54, 1.807) is 6.07 Å². The number of hydrogen-bond acceptors (Lipinski definition) is 3. The van der Waals surface area contributed by atoms with Gasteiger partial charge in [0.25, 0.3) is 0 Å². The summed E-state index contributed by atoms with van der Waals surface area (Å²) in [4.78, 5) is 2.30. The van der Waals surface area contributed by atoms with Crippen molar-refractivity contribution in [3.05, 3.63) is 34.1 Å². The van der Waals surface area contributed by atoms with Gasteiger partial charge in [-0.05, 0) is 34.6 Å². The lowest BCUT2D eigenvalue weighted by Crippen LogP contribution is -2.45. The molecule has 0 amide bonds. The molecule has 2 rings (SSSR count). The van der Waals surface area contributed by atoms with E-state index in [-0.39, 0.29) is 11.9 Å². The van der Waals surface area contributed by atoms with Gasteiger partial charge in [0.05, 0.1) is 17.2 Å². The van der Waals surface area contributed by atoms with Crippen molar-refractivity contribution in [1.82, 2.24) is 10.2 Å². The molecule has 5 heteroatoms. The summed E-state index contributed by atoms with van der Waals surface area (Å²) in [5, 5.41) is 3.12. The molecule has 1 aromatic carbocycles. The average molecular weight is 317 g/mol. The molecule has 1 N–H and O–H groups in total. The van der Waals surface area contributed by atoms with Crippen LogP contribution < -0.4 is 5.32 Å². The Morgan fingerprint density at radius 2 is 2.39 bits per heavy atom. The van der Waals surface area contributed by atoms with Gasteiger partial charge < -0.3 is 10.1 Å². The molecular formula is C13H18BrFN2O. The van der Waals surface area contributed by atoms with Crippen LogP contribution in [-0.4, -0.2) is 44.3 Å². The molecule has 1 aromatic rings. The van der Waals surface area contributed by atoms with Crippen LogP contribution in [0.15, 0.2) is 22.7 Å². The Balaban J connectivity index is 1.98. The molecule has 1 unspecified atom stereocenters. The van der Waals surface area contributed by atoms with Crippen LogP contribution in [0.25, 0.3) is 0 Å². The molecule has 0 saturated carbocycles. The predicted octanol–water partition coefficient (Wildman–Crippen LogP) is 2.01. The van der Waals surface area contributed by atoms with Crippen molar-refractivity contribution in [2.45, 2.75) is 12.6 Å². The van der Waals surface area contributed by atoms with E-state index in [9.17, 15) is 4.39 Å². The molecule has 0 aromatic heterocycles. The first-order valence-electron chi connectivity index (χ1n) is 6.12. The van der Waals surface area contributed by atoms with E-state index in [1.807, 2.05) is 13.1 Å². The summed E-state index contributed by atoms with van der Waals surface area (Å²) < 4.78 is 19.7. The van der Waals surface area contributed by atoms with Crippen molar-refractivity contribution in [3.63, 3.8) is 0 Å². The second-order valence-corrected chi connectivity index (χ2v) is 5.29. The Hall–Kier alpha value is -0.490. The summed E-state index contributed by atoms with van der Waals surface area (Å²) in [6.45, 7) is 4.11. The lowest BCUT2D eigenvalue weighted by Gasteiger charge is -2.33. The average Bonchev–Trinajstić information content (AvgIpc) is 2.36. The van der Waals surface area contributed by atoms with E-state index in [1.165, 1.54) is 6.07 Å². The Labute approximate surface area is 115 Å². The first kappa shape index (κ1) is 13.9. The zero-order chi connectivity index (χ0) is 13.0. The van der Waals surface area contributed by atoms with Crippen LogP contribution in [0.5, 0.6) is 0 Å². The Morgan fingerprint density at radius 1 is 1.56 bits per heavy atom. The van der Waals surface area contributed by atoms with E-state index in [2.05, 4.69) is 26.1 Å². The lowest BCUT2D eigenvalue weighted by molar-refractivity contribution is -0.0292. The molecule has 1 aliphatic rings. The highest BCUT2D eigenvalue weighted by atomic mass is 79.9. The molecule has 1 heterocycles. The van der Waals surface area contributed by atoms with Crippen LogP contribution >= 0.6 is 15.9 Å². The first-order valence-corrected chi connectivity index (χ1v) is 6.91. The van der Waals surface area contributed by atoms with Crippen LogP contribution in [0.3, 0.4) is 0 Å². The van der Waals surface area contributed by atoms with Crippen molar-refractivity contribution in [2.75, 3.05) is 33.3 Å². The number of hydrogen-bond donors (Lipinski definition) is 1. The maximum atomic E-state index is 13.4. The molecule has 0 spiro atoms. The quantitative estimate of drug-likeness (QED) is 0.919. The fraction of sp³-hybridized carbons (Fsp3) is 0.538. The van der Waals surface area contributed by atoms with Gasteiger partial charge in [-0.3, -0.25) is 4.90 Å². The fourth-order valence-corrected chi connectivity index (χ4v) is 2.58. The molecule has 100 valence electrons. The first-order chi connectivity index (χ1) is 8.70. The highest BCUT2D eigenvalue weighted by Gasteiger charge is 2.20. The van der Waals surface area contributed by atoms with Crippen molar-refractivity contribution in [3.8, 4) is 0 Å². The number of nitrogens with zero attached hydrogens (tertiary/aromatic N) is 1. The third kappa shape index (κ3) is 3.51. The van der Waals surface area contributed by atoms with Crippen LogP contribution in [0.2, 0.25) is 0 Å². The third-order valence-corrected chi connectivity index (χ3v) is 3.97. The fourth-order valence-electron chi connectivity index (χ4n) is 2.19. The number of nitrogens with one attached hydrogen (secondary N) is 1. The zero-order valence-corrected chi connectivity index (χ0v) is 12.0. The van der Waals surface area contributed by atoms with Crippen LogP contribution in [0, 0.1) is 5.82 Å². The lowest BCUT2D eigenvalue weighted by atomic mass is 10.2. The number of ether oxygens (including phenoxy) is 1. The van der Waals surface area contributed by atoms with Crippen LogP contribution in [0.4, 0.5) is 4.39 Å². The van der Waals surface area contributed by atoms with E-state index >= 15 is 0 Å². The SMILES string of the molecule is CNCC1CN(Cc2cccc(F)c2Br)CCO1. The summed E-state index contributed by atoms with van der Waals surface area (Å²) in [7, 11) is 1.92. The number of morpholine rings is 1. The van der Waals surface area contributed by atoms with Gasteiger partial charge >= 0.3 is 0 Å². The maximum Gasteiger partial charge on any atom is 0.137 e. The second-order valence-electron chi connectivity index (χ2n) is 4.50. The highest BCUT2D eigenvalue weighted by molar-refractivity contribution is 9.10. The second kappa shape index (κ2) is 6.61. The van der Waals surface area contributed by atoms with Crippen molar-refractivity contribution in [2.24, 2.45) is 0 Å². The molecule has 1 aliphatic heterocycles. The minimum absolute atomic E-state index is 0.201. The van der Waals surface area contributed by atoms with E-state index in [0.717, 1.165) is 38.3 Å². The Morgan fingerprint density at radius 3 is 3.17 bits per heavy atom. The normalized spacial score (nSPS) is 21.2. The minimum Gasteiger partial charge on any atom is -0.374 e. The zero-order valence-electron chi connectivity index (χ0n) is 10.5. The van der Waals surface area contributed by atoms with E-state index < -0.39 is 0 Å². The molecule has 18 heavy (non-hydrogen) atoms. The van der Waals surface area contributed by atoms with E-state index in [0.29, 0.717) is 4.47 Å². The molecule has 0 bridgehead atoms. The third-order valence-electron chi connectivity index (χ3n) is 3.08. The van der Waals surface area contributed by atoms with Gasteiger partial charge in [0.2, 0.25) is 0 Å². The molecule has 1 saturated heterocycles. The Bertz CT molecular complexity index is 401. The highest BCUT2D eigenvalue weighted by Crippen LogP contribution is 2.22. The summed E-state index contributed by atoms with van der Waals surface area (Å²) >= 11 is 3.31. The van der Waals surface area contributed by atoms with E-state index in [4.69, 9.17) is 4.74 Å². The number of likely N-dealkylation sites (N-methyl/N-ethyl adjacent to an activating group) is 1. The Kier molecular flexibility index (Phi) is 5.12. The molecular weight excluding hydrogens is 299 g/mol. The van der Waals surface area contributed by atoms with Gasteiger partial charge in [0, 0.05) is 26.2 Å². The van der Waals surface area contributed by atoms with Crippen molar-refractivity contribution < 1.29 is 9.13 Å². The van der Waals surface area contributed by atoms with Gasteiger partial charge in [-0.1, -0.05) is 12.1 Å². The van der Waals surface area contributed by atoms with Crippen molar-refractivity contribution in [1.29, 1.82) is 0 Å². The van der Waals surface area contributed by atoms with Gasteiger partial charge in [-0.2, -0.15) is 0 Å². The summed E-state index contributed by atoms with van der Waals surface area (Å²) in [5.74, 6) is -0.201. The minimum atomic E-state index is -0.201.